The van der Waals surface area contributed by atoms with Crippen molar-refractivity contribution in [2.45, 2.75) is 59.8 Å². The Kier molecular flexibility index (Phi) is 5.29. The van der Waals surface area contributed by atoms with E-state index in [2.05, 4.69) is 39.7 Å². The summed E-state index contributed by atoms with van der Waals surface area (Å²) in [4.78, 5) is 0. The molecule has 0 aliphatic carbocycles. The van der Waals surface area contributed by atoms with Crippen LogP contribution in [0.3, 0.4) is 0 Å². The van der Waals surface area contributed by atoms with Crippen molar-refractivity contribution in [2.24, 2.45) is 0 Å². The maximum Gasteiger partial charge on any atom is 0.00989 e. The second-order valence-corrected chi connectivity index (χ2v) is 4.98. The van der Waals surface area contributed by atoms with Crippen molar-refractivity contribution in [3.8, 4) is 5.92 Å². The second kappa shape index (κ2) is 6.50. The molecule has 0 saturated heterocycles. The normalized spacial score (nSPS) is 10.3. The third-order valence-corrected chi connectivity index (χ3v) is 3.75. The van der Waals surface area contributed by atoms with Gasteiger partial charge in [-0.2, -0.15) is 0 Å². The highest BCUT2D eigenvalue weighted by Crippen LogP contribution is 2.23. The van der Waals surface area contributed by atoms with Crippen LogP contribution in [0.15, 0.2) is 6.07 Å². The Labute approximate surface area is 106 Å². The SMILES string of the molecule is [C]#CCCCCCc1c(C)c(C)cc(C)c1C. The molecule has 0 heterocycles. The van der Waals surface area contributed by atoms with Gasteiger partial charge in [0.1, 0.15) is 0 Å². The predicted octanol–water partition coefficient (Wildman–Crippen LogP) is 4.61. The topological polar surface area (TPSA) is 0 Å². The number of hydrogen-bond donors (Lipinski definition) is 0. The van der Waals surface area contributed by atoms with Gasteiger partial charge in [-0.1, -0.05) is 18.4 Å². The van der Waals surface area contributed by atoms with Crippen LogP contribution in [0, 0.1) is 40.0 Å². The molecule has 0 spiro atoms. The van der Waals surface area contributed by atoms with Crippen molar-refractivity contribution < 1.29 is 0 Å². The van der Waals surface area contributed by atoms with Gasteiger partial charge in [0.2, 0.25) is 0 Å². The van der Waals surface area contributed by atoms with Gasteiger partial charge < -0.3 is 0 Å². The molecule has 1 rings (SSSR count). The fraction of sp³-hybridized carbons (Fsp3) is 0.529. The fourth-order valence-electron chi connectivity index (χ4n) is 2.37. The molecule has 0 bridgehead atoms. The second-order valence-electron chi connectivity index (χ2n) is 4.98. The Morgan fingerprint density at radius 2 is 1.53 bits per heavy atom. The van der Waals surface area contributed by atoms with E-state index in [1.54, 1.807) is 5.56 Å². The Balaban J connectivity index is 2.68. The summed E-state index contributed by atoms with van der Waals surface area (Å²) in [6.45, 7) is 8.88. The van der Waals surface area contributed by atoms with Crippen LogP contribution in [0.5, 0.6) is 0 Å². The highest BCUT2D eigenvalue weighted by Gasteiger charge is 2.07. The van der Waals surface area contributed by atoms with Crippen molar-refractivity contribution in [1.82, 2.24) is 0 Å². The van der Waals surface area contributed by atoms with Gasteiger partial charge in [0.25, 0.3) is 0 Å². The summed E-state index contributed by atoms with van der Waals surface area (Å²) >= 11 is 0. The molecule has 91 valence electrons. The highest BCUT2D eigenvalue weighted by atomic mass is 14.1. The first kappa shape index (κ1) is 13.8. The summed E-state index contributed by atoms with van der Waals surface area (Å²) in [5.74, 6) is 2.46. The average molecular weight is 227 g/mol. The van der Waals surface area contributed by atoms with E-state index in [9.17, 15) is 0 Å². The van der Waals surface area contributed by atoms with Gasteiger partial charge >= 0.3 is 0 Å². The summed E-state index contributed by atoms with van der Waals surface area (Å²) in [5, 5.41) is 0. The lowest BCUT2D eigenvalue weighted by atomic mass is 9.91. The molecule has 0 aliphatic rings. The van der Waals surface area contributed by atoms with Crippen LogP contribution in [0.25, 0.3) is 0 Å². The van der Waals surface area contributed by atoms with Crippen LogP contribution in [-0.2, 0) is 6.42 Å². The van der Waals surface area contributed by atoms with Crippen LogP contribution < -0.4 is 0 Å². The number of unbranched alkanes of at least 4 members (excludes halogenated alkanes) is 3. The molecule has 0 N–H and O–H groups in total. The van der Waals surface area contributed by atoms with E-state index in [1.165, 1.54) is 41.5 Å². The molecule has 0 unspecified atom stereocenters. The zero-order valence-electron chi connectivity index (χ0n) is 11.6. The number of hydrogen-bond acceptors (Lipinski definition) is 0. The van der Waals surface area contributed by atoms with Crippen LogP contribution in [-0.4, -0.2) is 0 Å². The lowest BCUT2D eigenvalue weighted by Crippen LogP contribution is -1.99. The summed E-state index contributed by atoms with van der Waals surface area (Å²) < 4.78 is 0. The minimum atomic E-state index is 0.810. The van der Waals surface area contributed by atoms with E-state index in [1.807, 2.05) is 0 Å². The van der Waals surface area contributed by atoms with E-state index in [0.717, 1.165) is 12.8 Å². The highest BCUT2D eigenvalue weighted by molar-refractivity contribution is 5.43. The third-order valence-electron chi connectivity index (χ3n) is 3.75. The van der Waals surface area contributed by atoms with Crippen molar-refractivity contribution in [2.75, 3.05) is 0 Å². The van der Waals surface area contributed by atoms with Crippen LogP contribution in [0.4, 0.5) is 0 Å². The molecule has 17 heavy (non-hydrogen) atoms. The van der Waals surface area contributed by atoms with E-state index in [4.69, 9.17) is 6.42 Å². The molecular formula is C17H23. The van der Waals surface area contributed by atoms with E-state index in [-0.39, 0.29) is 0 Å². The van der Waals surface area contributed by atoms with E-state index in [0.29, 0.717) is 0 Å². The molecule has 0 atom stereocenters. The van der Waals surface area contributed by atoms with Crippen LogP contribution in [0.1, 0.15) is 53.5 Å². The Bertz CT molecular complexity index is 392. The number of benzene rings is 1. The van der Waals surface area contributed by atoms with Crippen molar-refractivity contribution in [1.29, 1.82) is 0 Å². The standard InChI is InChI=1S/C17H23/c1-6-7-8-9-10-11-17-15(4)13(2)12-14(3)16(17)5/h12H,7-11H2,2-5H3. The molecule has 1 radical (unpaired) electrons. The number of rotatable bonds is 5. The Hall–Kier alpha value is -1.22. The first-order valence-electron chi connectivity index (χ1n) is 6.53. The van der Waals surface area contributed by atoms with Gasteiger partial charge in [-0.3, -0.25) is 0 Å². The minimum absolute atomic E-state index is 0.810. The van der Waals surface area contributed by atoms with Gasteiger partial charge in [-0.05, 0) is 81.2 Å². The minimum Gasteiger partial charge on any atom is -0.0891 e. The quantitative estimate of drug-likeness (QED) is 0.509. The zero-order valence-corrected chi connectivity index (χ0v) is 11.6. The fourth-order valence-corrected chi connectivity index (χ4v) is 2.37. The van der Waals surface area contributed by atoms with Crippen molar-refractivity contribution in [3.05, 3.63) is 40.3 Å². The monoisotopic (exact) mass is 227 g/mol. The molecule has 0 fully saturated rings. The van der Waals surface area contributed by atoms with Gasteiger partial charge in [0.15, 0.2) is 0 Å². The molecule has 0 aromatic heterocycles. The van der Waals surface area contributed by atoms with Crippen molar-refractivity contribution in [3.63, 3.8) is 0 Å². The number of aryl methyl sites for hydroxylation is 2. The van der Waals surface area contributed by atoms with Gasteiger partial charge in [0.05, 0.1) is 0 Å². The molecular weight excluding hydrogens is 204 g/mol. The van der Waals surface area contributed by atoms with Gasteiger partial charge in [-0.15, -0.1) is 0 Å². The van der Waals surface area contributed by atoms with Crippen LogP contribution >= 0.6 is 0 Å². The Morgan fingerprint density at radius 1 is 0.941 bits per heavy atom. The van der Waals surface area contributed by atoms with Crippen molar-refractivity contribution >= 4 is 0 Å². The smallest absolute Gasteiger partial charge is 0.00989 e. The predicted molar refractivity (Wildman–Crippen MR) is 74.7 cm³/mol. The molecule has 0 amide bonds. The lowest BCUT2D eigenvalue weighted by Gasteiger charge is -2.15. The molecule has 0 aliphatic heterocycles. The van der Waals surface area contributed by atoms with E-state index < -0.39 is 0 Å². The summed E-state index contributed by atoms with van der Waals surface area (Å²) in [5.41, 5.74) is 7.30. The van der Waals surface area contributed by atoms with Gasteiger partial charge in [-0.25, -0.2) is 0 Å². The summed E-state index contributed by atoms with van der Waals surface area (Å²) in [6.07, 6.45) is 12.4. The maximum atomic E-state index is 6.88. The average Bonchev–Trinajstić information content (AvgIpc) is 2.30. The molecule has 0 heteroatoms. The lowest BCUT2D eigenvalue weighted by molar-refractivity contribution is 0.688. The first-order valence-corrected chi connectivity index (χ1v) is 6.53. The first-order chi connectivity index (χ1) is 8.07. The molecule has 1 aromatic rings. The van der Waals surface area contributed by atoms with E-state index >= 15 is 0 Å². The maximum absolute atomic E-state index is 6.88. The molecule has 0 nitrogen and oxygen atoms in total. The summed E-state index contributed by atoms with van der Waals surface area (Å²) in [6, 6.07) is 2.29. The van der Waals surface area contributed by atoms with Gasteiger partial charge in [0, 0.05) is 6.42 Å². The molecule has 1 aromatic carbocycles. The zero-order chi connectivity index (χ0) is 12.8. The largest absolute Gasteiger partial charge is 0.0891 e. The Morgan fingerprint density at radius 3 is 2.06 bits per heavy atom. The molecule has 0 saturated carbocycles. The summed E-state index contributed by atoms with van der Waals surface area (Å²) in [7, 11) is 0. The third kappa shape index (κ3) is 3.63. The van der Waals surface area contributed by atoms with Crippen LogP contribution in [0.2, 0.25) is 0 Å².